The van der Waals surface area contributed by atoms with Gasteiger partial charge in [-0.15, -0.1) is 0 Å². The lowest BCUT2D eigenvalue weighted by Gasteiger charge is -2.17. The summed E-state index contributed by atoms with van der Waals surface area (Å²) < 4.78 is 46.6. The zero-order valence-electron chi connectivity index (χ0n) is 16.8. The summed E-state index contributed by atoms with van der Waals surface area (Å²) >= 11 is 6.00. The lowest BCUT2D eigenvalue weighted by molar-refractivity contribution is -0.122. The Labute approximate surface area is 185 Å². The van der Waals surface area contributed by atoms with Gasteiger partial charge in [-0.2, -0.15) is 4.98 Å². The molecule has 12 heteroatoms. The molecule has 0 saturated carbocycles. The van der Waals surface area contributed by atoms with Crippen molar-refractivity contribution in [3.8, 4) is 22.5 Å². The summed E-state index contributed by atoms with van der Waals surface area (Å²) in [4.78, 5) is 26.6. The maximum atomic E-state index is 14.9. The first-order valence-electron chi connectivity index (χ1n) is 9.20. The molecule has 1 aromatic heterocycles. The predicted octanol–water partition coefficient (Wildman–Crippen LogP) is 4.00. The van der Waals surface area contributed by atoms with Crippen molar-refractivity contribution >= 4 is 23.5 Å². The highest BCUT2D eigenvalue weighted by Gasteiger charge is 2.21. The van der Waals surface area contributed by atoms with Crippen molar-refractivity contribution in [2.45, 2.75) is 19.9 Å². The van der Waals surface area contributed by atoms with Gasteiger partial charge < -0.3 is 9.84 Å². The molecule has 8 nitrogen and oxygen atoms in total. The van der Waals surface area contributed by atoms with E-state index in [9.17, 15) is 22.8 Å². The van der Waals surface area contributed by atoms with Crippen LogP contribution in [0.3, 0.4) is 0 Å². The zero-order valence-corrected chi connectivity index (χ0v) is 17.6. The molecule has 3 amide bonds. The van der Waals surface area contributed by atoms with Gasteiger partial charge in [-0.1, -0.05) is 28.9 Å². The molecule has 32 heavy (non-hydrogen) atoms. The molecule has 0 aliphatic heterocycles. The highest BCUT2D eigenvalue weighted by atomic mass is 35.5. The quantitative estimate of drug-likeness (QED) is 0.491. The van der Waals surface area contributed by atoms with Crippen LogP contribution in [0.2, 0.25) is 5.02 Å². The van der Waals surface area contributed by atoms with Gasteiger partial charge in [0, 0.05) is 17.5 Å². The molecule has 0 radical (unpaired) electrons. The van der Waals surface area contributed by atoms with Gasteiger partial charge in [-0.3, -0.25) is 10.2 Å². The minimum absolute atomic E-state index is 0.00689. The molecule has 0 aliphatic carbocycles. The molecule has 1 unspecified atom stereocenters. The molecule has 2 aromatic carbocycles. The number of alkyl halides is 1. The number of nitrogens with zero attached hydrogens (tertiary/aromatic N) is 2. The number of hydrogen-bond donors (Lipinski definition) is 3. The van der Waals surface area contributed by atoms with Gasteiger partial charge in [0.2, 0.25) is 11.7 Å². The number of urea groups is 1. The van der Waals surface area contributed by atoms with Crippen LogP contribution in [0.25, 0.3) is 22.5 Å². The SMILES string of the molecule is Cc1nc(-c2c(F)cc(Cl)cc2-c2ccc(C(C)NC(=O)NNC(=O)CF)c(F)c2)no1. The van der Waals surface area contributed by atoms with Crippen molar-refractivity contribution in [1.82, 2.24) is 26.3 Å². The molecule has 1 atom stereocenters. The minimum Gasteiger partial charge on any atom is -0.339 e. The molecule has 3 rings (SSSR count). The number of amides is 3. The highest BCUT2D eigenvalue weighted by Crippen LogP contribution is 2.36. The standard InChI is InChI=1S/C20H17ClF3N5O3/c1-9(25-20(31)28-27-17(30)8-22)13-4-3-11(5-15(13)23)14-6-12(21)7-16(24)18(14)19-26-10(2)32-29-19/h3-7,9H,8H2,1-2H3,(H,27,30)(H2,25,28,31). The number of nitrogens with one attached hydrogen (secondary N) is 3. The minimum atomic E-state index is -1.30. The molecule has 0 saturated heterocycles. The molecule has 0 fully saturated rings. The Balaban J connectivity index is 1.89. The fourth-order valence-corrected chi connectivity index (χ4v) is 3.15. The molecule has 168 valence electrons. The van der Waals surface area contributed by atoms with Crippen LogP contribution in [0.15, 0.2) is 34.9 Å². The molecular formula is C20H17ClF3N5O3. The summed E-state index contributed by atoms with van der Waals surface area (Å²) in [5.74, 6) is -2.23. The highest BCUT2D eigenvalue weighted by molar-refractivity contribution is 6.31. The van der Waals surface area contributed by atoms with Gasteiger partial charge in [0.05, 0.1) is 11.6 Å². The van der Waals surface area contributed by atoms with E-state index < -0.39 is 36.3 Å². The normalized spacial score (nSPS) is 11.7. The largest absolute Gasteiger partial charge is 0.339 e. The van der Waals surface area contributed by atoms with Gasteiger partial charge in [-0.25, -0.2) is 23.4 Å². The average molecular weight is 468 g/mol. The molecular weight excluding hydrogens is 451 g/mol. The summed E-state index contributed by atoms with van der Waals surface area (Å²) in [5, 5.41) is 6.21. The van der Waals surface area contributed by atoms with Crippen molar-refractivity contribution in [3.63, 3.8) is 0 Å². The second kappa shape index (κ2) is 9.69. The van der Waals surface area contributed by atoms with E-state index in [4.69, 9.17) is 16.1 Å². The Morgan fingerprint density at radius 3 is 2.53 bits per heavy atom. The van der Waals surface area contributed by atoms with E-state index in [-0.39, 0.29) is 39.0 Å². The molecule has 3 N–H and O–H groups in total. The van der Waals surface area contributed by atoms with Crippen LogP contribution < -0.4 is 16.2 Å². The molecule has 1 heterocycles. The number of hydrazine groups is 1. The van der Waals surface area contributed by atoms with Crippen molar-refractivity contribution in [3.05, 3.63) is 58.4 Å². The maximum Gasteiger partial charge on any atom is 0.333 e. The van der Waals surface area contributed by atoms with Crippen molar-refractivity contribution < 1.29 is 27.3 Å². The van der Waals surface area contributed by atoms with E-state index >= 15 is 0 Å². The van der Waals surface area contributed by atoms with E-state index in [2.05, 4.69) is 15.5 Å². The van der Waals surface area contributed by atoms with Crippen LogP contribution in [-0.2, 0) is 4.79 Å². The number of benzene rings is 2. The van der Waals surface area contributed by atoms with Crippen LogP contribution in [0, 0.1) is 18.6 Å². The van der Waals surface area contributed by atoms with Gasteiger partial charge in [-0.05, 0) is 36.2 Å². The van der Waals surface area contributed by atoms with E-state index in [1.165, 1.54) is 25.1 Å². The van der Waals surface area contributed by atoms with Crippen LogP contribution in [0.1, 0.15) is 24.4 Å². The Kier molecular flexibility index (Phi) is 6.98. The Morgan fingerprint density at radius 2 is 1.91 bits per heavy atom. The van der Waals surface area contributed by atoms with Crippen molar-refractivity contribution in [2.24, 2.45) is 0 Å². The van der Waals surface area contributed by atoms with Gasteiger partial charge in [0.1, 0.15) is 11.6 Å². The number of carbonyl (C=O) groups excluding carboxylic acids is 2. The Bertz CT molecular complexity index is 1170. The summed E-state index contributed by atoms with van der Waals surface area (Å²) in [7, 11) is 0. The van der Waals surface area contributed by atoms with Gasteiger partial charge in [0.15, 0.2) is 6.67 Å². The molecule has 0 spiro atoms. The van der Waals surface area contributed by atoms with Crippen LogP contribution >= 0.6 is 11.6 Å². The topological polar surface area (TPSA) is 109 Å². The summed E-state index contributed by atoms with van der Waals surface area (Å²) in [5.41, 5.74) is 4.41. The summed E-state index contributed by atoms with van der Waals surface area (Å²) in [6.07, 6.45) is 0. The van der Waals surface area contributed by atoms with Crippen LogP contribution in [-0.4, -0.2) is 28.8 Å². The second-order valence-corrected chi connectivity index (χ2v) is 7.12. The van der Waals surface area contributed by atoms with E-state index in [1.54, 1.807) is 6.92 Å². The number of halogens is 4. The zero-order chi connectivity index (χ0) is 23.4. The lowest BCUT2D eigenvalue weighted by atomic mass is 9.96. The molecule has 0 bridgehead atoms. The van der Waals surface area contributed by atoms with Crippen molar-refractivity contribution in [1.29, 1.82) is 0 Å². The molecule has 3 aromatic rings. The molecule has 0 aliphatic rings. The average Bonchev–Trinajstić information content (AvgIpc) is 3.16. The Hall–Kier alpha value is -3.60. The first-order valence-corrected chi connectivity index (χ1v) is 9.58. The second-order valence-electron chi connectivity index (χ2n) is 6.69. The van der Waals surface area contributed by atoms with E-state index in [1.807, 2.05) is 10.9 Å². The Morgan fingerprint density at radius 1 is 1.16 bits per heavy atom. The number of rotatable bonds is 5. The van der Waals surface area contributed by atoms with E-state index in [0.717, 1.165) is 12.1 Å². The number of aromatic nitrogens is 2. The summed E-state index contributed by atoms with van der Waals surface area (Å²) in [6.45, 7) is 1.74. The third kappa shape index (κ3) is 5.17. The smallest absolute Gasteiger partial charge is 0.333 e. The monoisotopic (exact) mass is 467 g/mol. The van der Waals surface area contributed by atoms with E-state index in [0.29, 0.717) is 0 Å². The number of hydrogen-bond acceptors (Lipinski definition) is 5. The number of carbonyl (C=O) groups is 2. The van der Waals surface area contributed by atoms with Gasteiger partial charge in [0.25, 0.3) is 5.91 Å². The third-order valence-electron chi connectivity index (χ3n) is 4.37. The van der Waals surface area contributed by atoms with Crippen LogP contribution in [0.4, 0.5) is 18.0 Å². The number of aryl methyl sites for hydroxylation is 1. The maximum absolute atomic E-state index is 14.9. The van der Waals surface area contributed by atoms with Gasteiger partial charge >= 0.3 is 6.03 Å². The fourth-order valence-electron chi connectivity index (χ4n) is 2.95. The van der Waals surface area contributed by atoms with Crippen molar-refractivity contribution in [2.75, 3.05) is 6.67 Å². The summed E-state index contributed by atoms with van der Waals surface area (Å²) in [6, 6.07) is 4.92. The lowest BCUT2D eigenvalue weighted by Crippen LogP contribution is -2.48. The first kappa shape index (κ1) is 23.1. The fraction of sp³-hybridized carbons (Fsp3) is 0.200. The van der Waals surface area contributed by atoms with Crippen LogP contribution in [0.5, 0.6) is 0 Å². The predicted molar refractivity (Wildman–Crippen MR) is 109 cm³/mol. The first-order chi connectivity index (χ1) is 15.2. The third-order valence-corrected chi connectivity index (χ3v) is 4.59.